The Morgan fingerprint density at radius 2 is 1.67 bits per heavy atom. The molecule has 160 valence electrons. The van der Waals surface area contributed by atoms with Crippen LogP contribution in [-0.2, 0) is 9.59 Å². The van der Waals surface area contributed by atoms with Crippen LogP contribution in [0.4, 0.5) is 11.4 Å². The average Bonchev–Trinajstić information content (AvgIpc) is 2.75. The van der Waals surface area contributed by atoms with E-state index in [1.54, 1.807) is 12.1 Å². The van der Waals surface area contributed by atoms with E-state index in [4.69, 9.17) is 0 Å². The standard InChI is InChI=1S/C23H30N4O3/c1-16-5-4-6-17(2)22(16)25-21(29)15-24-23(30)18(3)26-11-13-27(14-12-26)19-7-9-20(28)10-8-19/h4-10,18,28H,11-15H2,1-3H3,(H,24,30)(H,25,29)/p+1/t18-/m0/s1. The molecule has 3 rings (SSSR count). The lowest BCUT2D eigenvalue weighted by Crippen LogP contribution is -3.19. The number of benzene rings is 2. The summed E-state index contributed by atoms with van der Waals surface area (Å²) < 4.78 is 0. The first-order valence-electron chi connectivity index (χ1n) is 10.4. The summed E-state index contributed by atoms with van der Waals surface area (Å²) in [7, 11) is 0. The van der Waals surface area contributed by atoms with Crippen molar-refractivity contribution in [2.24, 2.45) is 0 Å². The van der Waals surface area contributed by atoms with Crippen molar-refractivity contribution in [3.63, 3.8) is 0 Å². The second-order valence-electron chi connectivity index (χ2n) is 7.92. The Morgan fingerprint density at radius 1 is 1.07 bits per heavy atom. The zero-order chi connectivity index (χ0) is 21.7. The number of carbonyl (C=O) groups excluding carboxylic acids is 2. The number of aryl methyl sites for hydroxylation is 2. The van der Waals surface area contributed by atoms with E-state index >= 15 is 0 Å². The molecule has 7 nitrogen and oxygen atoms in total. The predicted molar refractivity (Wildman–Crippen MR) is 118 cm³/mol. The normalized spacial score (nSPS) is 15.5. The number of piperazine rings is 1. The molecule has 1 saturated heterocycles. The first kappa shape index (κ1) is 21.6. The fraction of sp³-hybridized carbons (Fsp3) is 0.391. The molecule has 2 aromatic rings. The molecule has 1 heterocycles. The number of nitrogens with zero attached hydrogens (tertiary/aromatic N) is 1. The molecule has 0 spiro atoms. The molecule has 1 fully saturated rings. The second kappa shape index (κ2) is 9.63. The van der Waals surface area contributed by atoms with Crippen LogP contribution in [0.2, 0.25) is 0 Å². The van der Waals surface area contributed by atoms with Gasteiger partial charge in [0.05, 0.1) is 32.7 Å². The molecule has 30 heavy (non-hydrogen) atoms. The molecule has 0 unspecified atom stereocenters. The number of nitrogens with one attached hydrogen (secondary N) is 3. The number of phenols is 1. The molecular weight excluding hydrogens is 380 g/mol. The van der Waals surface area contributed by atoms with Gasteiger partial charge < -0.3 is 25.5 Å². The van der Waals surface area contributed by atoms with E-state index in [2.05, 4.69) is 15.5 Å². The number of quaternary nitrogens is 1. The molecule has 0 bridgehead atoms. The van der Waals surface area contributed by atoms with Gasteiger partial charge in [0.1, 0.15) is 5.75 Å². The monoisotopic (exact) mass is 411 g/mol. The van der Waals surface area contributed by atoms with Gasteiger partial charge in [-0.15, -0.1) is 0 Å². The van der Waals surface area contributed by atoms with Crippen LogP contribution >= 0.6 is 0 Å². The average molecular weight is 412 g/mol. The summed E-state index contributed by atoms with van der Waals surface area (Å²) in [4.78, 5) is 28.3. The van der Waals surface area contributed by atoms with E-state index in [1.165, 1.54) is 4.90 Å². The molecule has 0 saturated carbocycles. The highest BCUT2D eigenvalue weighted by Crippen LogP contribution is 2.19. The quantitative estimate of drug-likeness (QED) is 0.568. The SMILES string of the molecule is Cc1cccc(C)c1NC(=O)CNC(=O)[C@H](C)[NH+]1CCN(c2ccc(O)cc2)CC1. The van der Waals surface area contributed by atoms with Crippen LogP contribution < -0.4 is 20.4 Å². The van der Waals surface area contributed by atoms with Crippen LogP contribution in [0.5, 0.6) is 5.75 Å². The molecule has 0 radical (unpaired) electrons. The Labute approximate surface area is 177 Å². The zero-order valence-electron chi connectivity index (χ0n) is 17.9. The largest absolute Gasteiger partial charge is 0.508 e. The summed E-state index contributed by atoms with van der Waals surface area (Å²) in [5.41, 5.74) is 3.88. The highest BCUT2D eigenvalue weighted by molar-refractivity contribution is 5.96. The third kappa shape index (κ3) is 5.30. The van der Waals surface area contributed by atoms with Gasteiger partial charge in [-0.3, -0.25) is 9.59 Å². The number of phenolic OH excluding ortho intramolecular Hbond substituents is 1. The Hall–Kier alpha value is -3.06. The van der Waals surface area contributed by atoms with Crippen LogP contribution in [0.15, 0.2) is 42.5 Å². The van der Waals surface area contributed by atoms with Gasteiger partial charge in [-0.25, -0.2) is 0 Å². The van der Waals surface area contributed by atoms with Crippen molar-refractivity contribution in [2.75, 3.05) is 42.9 Å². The lowest BCUT2D eigenvalue weighted by atomic mass is 10.1. The van der Waals surface area contributed by atoms with E-state index in [0.717, 1.165) is 48.7 Å². The third-order valence-corrected chi connectivity index (χ3v) is 5.79. The number of carbonyl (C=O) groups is 2. The van der Waals surface area contributed by atoms with Crippen LogP contribution in [-0.4, -0.2) is 55.7 Å². The van der Waals surface area contributed by atoms with Crippen molar-refractivity contribution in [2.45, 2.75) is 26.8 Å². The zero-order valence-corrected chi connectivity index (χ0v) is 17.9. The van der Waals surface area contributed by atoms with E-state index in [9.17, 15) is 14.7 Å². The fourth-order valence-corrected chi connectivity index (χ4v) is 3.85. The van der Waals surface area contributed by atoms with Gasteiger partial charge in [-0.05, 0) is 56.2 Å². The Kier molecular flexibility index (Phi) is 6.95. The molecule has 4 N–H and O–H groups in total. The van der Waals surface area contributed by atoms with Crippen LogP contribution in [0.1, 0.15) is 18.1 Å². The van der Waals surface area contributed by atoms with E-state index in [-0.39, 0.29) is 30.2 Å². The summed E-state index contributed by atoms with van der Waals surface area (Å²) in [6.45, 7) is 9.12. The lowest BCUT2D eigenvalue weighted by molar-refractivity contribution is -0.914. The van der Waals surface area contributed by atoms with Crippen molar-refractivity contribution in [1.29, 1.82) is 0 Å². The summed E-state index contributed by atoms with van der Waals surface area (Å²) in [5.74, 6) is -0.0743. The minimum absolute atomic E-state index is 0.0378. The van der Waals surface area contributed by atoms with Gasteiger partial charge in [0, 0.05) is 11.4 Å². The van der Waals surface area contributed by atoms with Gasteiger partial charge in [-0.1, -0.05) is 18.2 Å². The maximum absolute atomic E-state index is 12.6. The van der Waals surface area contributed by atoms with Crippen molar-refractivity contribution >= 4 is 23.2 Å². The predicted octanol–water partition coefficient (Wildman–Crippen LogP) is 0.857. The molecule has 7 heteroatoms. The molecule has 1 aliphatic heterocycles. The summed E-state index contributed by atoms with van der Waals surface area (Å²) >= 11 is 0. The smallest absolute Gasteiger partial charge is 0.278 e. The molecule has 1 aliphatic rings. The summed E-state index contributed by atoms with van der Waals surface area (Å²) in [6, 6.07) is 12.8. The van der Waals surface area contributed by atoms with Crippen molar-refractivity contribution in [1.82, 2.24) is 5.32 Å². The highest BCUT2D eigenvalue weighted by atomic mass is 16.3. The minimum Gasteiger partial charge on any atom is -0.508 e. The number of para-hydroxylation sites is 1. The van der Waals surface area contributed by atoms with Crippen LogP contribution in [0, 0.1) is 13.8 Å². The maximum atomic E-state index is 12.6. The van der Waals surface area contributed by atoms with E-state index < -0.39 is 0 Å². The Morgan fingerprint density at radius 3 is 2.27 bits per heavy atom. The highest BCUT2D eigenvalue weighted by Gasteiger charge is 2.29. The number of aromatic hydroxyl groups is 1. The maximum Gasteiger partial charge on any atom is 0.278 e. The van der Waals surface area contributed by atoms with Gasteiger partial charge in [0.2, 0.25) is 5.91 Å². The van der Waals surface area contributed by atoms with Crippen LogP contribution in [0.3, 0.4) is 0 Å². The number of hydrogen-bond acceptors (Lipinski definition) is 4. The third-order valence-electron chi connectivity index (χ3n) is 5.79. The van der Waals surface area contributed by atoms with Crippen molar-refractivity contribution < 1.29 is 19.6 Å². The summed E-state index contributed by atoms with van der Waals surface area (Å²) in [5, 5.41) is 15.1. The van der Waals surface area contributed by atoms with Crippen molar-refractivity contribution in [3.8, 4) is 5.75 Å². The van der Waals surface area contributed by atoms with E-state index in [1.807, 2.05) is 51.1 Å². The first-order valence-corrected chi connectivity index (χ1v) is 10.4. The number of amides is 2. The Bertz CT molecular complexity index is 870. The second-order valence-corrected chi connectivity index (χ2v) is 7.92. The summed E-state index contributed by atoms with van der Waals surface area (Å²) in [6.07, 6.45) is 0. The fourth-order valence-electron chi connectivity index (χ4n) is 3.85. The number of hydrogen-bond donors (Lipinski definition) is 4. The van der Waals surface area contributed by atoms with E-state index in [0.29, 0.717) is 0 Å². The molecular formula is C23H31N4O3+. The molecule has 1 atom stereocenters. The first-order chi connectivity index (χ1) is 14.3. The molecule has 2 amide bonds. The number of rotatable bonds is 6. The number of anilines is 2. The van der Waals surface area contributed by atoms with Crippen LogP contribution in [0.25, 0.3) is 0 Å². The van der Waals surface area contributed by atoms with Crippen molar-refractivity contribution in [3.05, 3.63) is 53.6 Å². The lowest BCUT2D eigenvalue weighted by Gasteiger charge is -2.36. The topological polar surface area (TPSA) is 86.1 Å². The minimum atomic E-state index is -0.222. The van der Waals surface area contributed by atoms with Gasteiger partial charge in [-0.2, -0.15) is 0 Å². The molecule has 0 aromatic heterocycles. The molecule has 0 aliphatic carbocycles. The Balaban J connectivity index is 1.45. The van der Waals surface area contributed by atoms with Gasteiger partial charge in [0.15, 0.2) is 6.04 Å². The van der Waals surface area contributed by atoms with Gasteiger partial charge in [0.25, 0.3) is 5.91 Å². The van der Waals surface area contributed by atoms with Gasteiger partial charge >= 0.3 is 0 Å². The molecule has 2 aromatic carbocycles.